The van der Waals surface area contributed by atoms with E-state index in [1.54, 1.807) is 18.2 Å². The number of rotatable bonds is 13. The van der Waals surface area contributed by atoms with Crippen LogP contribution >= 0.6 is 0 Å². The summed E-state index contributed by atoms with van der Waals surface area (Å²) in [7, 11) is 0. The lowest BCUT2D eigenvalue weighted by Crippen LogP contribution is -2.56. The number of aromatic nitrogens is 4. The molecule has 4 amide bonds. The summed E-state index contributed by atoms with van der Waals surface area (Å²) in [6.07, 6.45) is 5.58. The molecule has 1 saturated heterocycles. The fourth-order valence-corrected chi connectivity index (χ4v) is 5.31. The number of urea groups is 1. The molecule has 13 nitrogen and oxygen atoms in total. The molecule has 1 aliphatic rings. The summed E-state index contributed by atoms with van der Waals surface area (Å²) in [5.74, 6) is -1.09. The van der Waals surface area contributed by atoms with Gasteiger partial charge in [0.1, 0.15) is 23.4 Å². The third kappa shape index (κ3) is 8.74. The van der Waals surface area contributed by atoms with Crippen LogP contribution in [0.15, 0.2) is 36.7 Å². The monoisotopic (exact) mass is 605 g/mol. The minimum Gasteiger partial charge on any atom is -0.382 e. The molecule has 0 saturated carbocycles. The maximum Gasteiger partial charge on any atom is 0.318 e. The van der Waals surface area contributed by atoms with Gasteiger partial charge in [-0.15, -0.1) is 0 Å². The molecular formula is C31H43N9O4. The Morgan fingerprint density at radius 2 is 1.70 bits per heavy atom. The summed E-state index contributed by atoms with van der Waals surface area (Å²) in [6, 6.07) is 6.95. The van der Waals surface area contributed by atoms with Crippen LogP contribution in [0.1, 0.15) is 57.3 Å². The Balaban J connectivity index is 1.39. The van der Waals surface area contributed by atoms with E-state index in [1.165, 1.54) is 0 Å². The summed E-state index contributed by atoms with van der Waals surface area (Å²) in [5, 5.41) is 8.34. The number of aryl methyl sites for hydroxylation is 2. The van der Waals surface area contributed by atoms with Gasteiger partial charge in [-0.1, -0.05) is 44.2 Å². The van der Waals surface area contributed by atoms with E-state index in [2.05, 4.69) is 30.9 Å². The number of Topliss-reactive ketones (excluding diaryl/α,β-unsaturated/α-hetero) is 1. The summed E-state index contributed by atoms with van der Waals surface area (Å²) < 4.78 is 1.82. The topological polar surface area (TPSA) is 177 Å². The minimum absolute atomic E-state index is 0.110. The second-order valence-corrected chi connectivity index (χ2v) is 11.7. The third-order valence-corrected chi connectivity index (χ3v) is 7.57. The molecule has 0 spiro atoms. The molecule has 236 valence electrons. The molecule has 5 N–H and O–H groups in total. The first-order valence-corrected chi connectivity index (χ1v) is 15.3. The van der Waals surface area contributed by atoms with Crippen LogP contribution in [0.3, 0.4) is 0 Å². The van der Waals surface area contributed by atoms with Crippen molar-refractivity contribution in [1.82, 2.24) is 40.4 Å². The van der Waals surface area contributed by atoms with Gasteiger partial charge in [-0.25, -0.2) is 19.7 Å². The highest BCUT2D eigenvalue weighted by atomic mass is 16.2. The number of carbonyl (C=O) groups excluding carboxylic acids is 4. The number of piperidine rings is 1. The highest BCUT2D eigenvalue weighted by Gasteiger charge is 2.31. The molecule has 2 aromatic heterocycles. The van der Waals surface area contributed by atoms with E-state index in [1.807, 2.05) is 48.7 Å². The van der Waals surface area contributed by atoms with Crippen molar-refractivity contribution in [2.75, 3.05) is 25.4 Å². The number of benzene rings is 1. The van der Waals surface area contributed by atoms with Gasteiger partial charge in [-0.2, -0.15) is 0 Å². The van der Waals surface area contributed by atoms with Gasteiger partial charge < -0.3 is 31.2 Å². The third-order valence-electron chi connectivity index (χ3n) is 7.57. The van der Waals surface area contributed by atoms with Crippen LogP contribution in [0.4, 0.5) is 10.6 Å². The number of hydrogen-bond donors (Lipinski definition) is 4. The van der Waals surface area contributed by atoms with Crippen LogP contribution in [-0.4, -0.2) is 79.8 Å². The van der Waals surface area contributed by atoms with Crippen molar-refractivity contribution >= 4 is 40.6 Å². The number of nitrogen functional groups attached to an aromatic ring is 1. The molecular weight excluding hydrogens is 562 g/mol. The fourth-order valence-electron chi connectivity index (χ4n) is 5.31. The molecule has 4 rings (SSSR count). The summed E-state index contributed by atoms with van der Waals surface area (Å²) in [5.41, 5.74) is 7.85. The maximum absolute atomic E-state index is 13.5. The van der Waals surface area contributed by atoms with E-state index in [0.29, 0.717) is 55.3 Å². The van der Waals surface area contributed by atoms with Crippen molar-refractivity contribution in [3.63, 3.8) is 0 Å². The fraction of sp³-hybridized carbons (Fsp3) is 0.516. The van der Waals surface area contributed by atoms with E-state index in [-0.39, 0.29) is 24.9 Å². The Hall–Kier alpha value is -4.55. The van der Waals surface area contributed by atoms with Gasteiger partial charge in [0.25, 0.3) is 5.91 Å². The Kier molecular flexibility index (Phi) is 11.2. The summed E-state index contributed by atoms with van der Waals surface area (Å²) >= 11 is 0. The second-order valence-electron chi connectivity index (χ2n) is 11.7. The van der Waals surface area contributed by atoms with Gasteiger partial charge in [0.15, 0.2) is 11.5 Å². The summed E-state index contributed by atoms with van der Waals surface area (Å²) in [4.78, 5) is 67.4. The van der Waals surface area contributed by atoms with E-state index in [9.17, 15) is 19.2 Å². The average molecular weight is 606 g/mol. The van der Waals surface area contributed by atoms with Gasteiger partial charge in [0.2, 0.25) is 11.7 Å². The maximum atomic E-state index is 13.5. The Morgan fingerprint density at radius 1 is 0.977 bits per heavy atom. The van der Waals surface area contributed by atoms with Crippen LogP contribution < -0.4 is 21.7 Å². The number of likely N-dealkylation sites (tertiary alicyclic amines) is 1. The zero-order valence-corrected chi connectivity index (χ0v) is 25.7. The first kappa shape index (κ1) is 32.4. The first-order chi connectivity index (χ1) is 21.1. The highest BCUT2D eigenvalue weighted by molar-refractivity contribution is 6.38. The van der Waals surface area contributed by atoms with E-state index in [4.69, 9.17) is 5.73 Å². The number of fused-ring (bicyclic) bond motifs is 1. The Labute approximate surface area is 257 Å². The number of amides is 4. The molecule has 0 aliphatic carbocycles. The van der Waals surface area contributed by atoms with Crippen molar-refractivity contribution in [1.29, 1.82) is 0 Å². The van der Waals surface area contributed by atoms with Gasteiger partial charge in [0, 0.05) is 32.6 Å². The second kappa shape index (κ2) is 15.3. The zero-order chi connectivity index (χ0) is 31.6. The van der Waals surface area contributed by atoms with E-state index >= 15 is 0 Å². The number of nitrogens with one attached hydrogen (secondary N) is 3. The predicted molar refractivity (Wildman–Crippen MR) is 166 cm³/mol. The van der Waals surface area contributed by atoms with Crippen molar-refractivity contribution in [2.24, 2.45) is 5.92 Å². The molecule has 2 atom stereocenters. The number of anilines is 1. The number of nitrogens with zero attached hydrogens (tertiary/aromatic N) is 5. The minimum atomic E-state index is -1.10. The van der Waals surface area contributed by atoms with Crippen LogP contribution in [0, 0.1) is 12.8 Å². The van der Waals surface area contributed by atoms with Crippen LogP contribution in [0.25, 0.3) is 11.2 Å². The number of carbonyl (C=O) groups is 4. The van der Waals surface area contributed by atoms with Gasteiger partial charge in [-0.3, -0.25) is 14.4 Å². The molecule has 3 aromatic rings. The van der Waals surface area contributed by atoms with Gasteiger partial charge in [-0.05, 0) is 50.5 Å². The Bertz CT molecular complexity index is 1450. The van der Waals surface area contributed by atoms with Gasteiger partial charge >= 0.3 is 6.03 Å². The summed E-state index contributed by atoms with van der Waals surface area (Å²) in [6.45, 7) is 7.67. The molecule has 0 unspecified atom stereocenters. The molecule has 1 fully saturated rings. The van der Waals surface area contributed by atoms with E-state index in [0.717, 1.165) is 24.8 Å². The predicted octanol–water partition coefficient (Wildman–Crippen LogP) is 2.13. The molecule has 0 radical (unpaired) electrons. The van der Waals surface area contributed by atoms with E-state index < -0.39 is 29.7 Å². The lowest BCUT2D eigenvalue weighted by Gasteiger charge is -2.30. The smallest absolute Gasteiger partial charge is 0.318 e. The zero-order valence-electron chi connectivity index (χ0n) is 25.7. The molecule has 1 aliphatic heterocycles. The number of hydrogen-bond acceptors (Lipinski definition) is 8. The van der Waals surface area contributed by atoms with Crippen molar-refractivity contribution < 1.29 is 19.2 Å². The van der Waals surface area contributed by atoms with Crippen molar-refractivity contribution in [3.05, 3.63) is 48.0 Å². The lowest BCUT2D eigenvalue weighted by atomic mass is 9.99. The largest absolute Gasteiger partial charge is 0.382 e. The Morgan fingerprint density at radius 3 is 2.41 bits per heavy atom. The highest BCUT2D eigenvalue weighted by Crippen LogP contribution is 2.16. The molecule has 44 heavy (non-hydrogen) atoms. The number of imidazole rings is 1. The molecule has 1 aromatic carbocycles. The lowest BCUT2D eigenvalue weighted by molar-refractivity contribution is -0.140. The molecule has 3 heterocycles. The first-order valence-electron chi connectivity index (χ1n) is 15.3. The van der Waals surface area contributed by atoms with Gasteiger partial charge in [0.05, 0.1) is 6.33 Å². The standard InChI is InChI=1S/C31H43N9O4/c1-20(2)17-24(38-31(44)39-14-8-5-9-15-39)29(42)37-23(18-22-11-6-4-7-12-22)26(41)30(43)33-13-10-16-40-19-34-25-27(32)35-21(3)36-28(25)40/h4,6-7,11-12,19-20,23-24H,5,8-10,13-18H2,1-3H3,(H,33,43)(H,37,42)(H,38,44)(H2,32,35,36)/t23-,24-/m0/s1. The number of ketones is 1. The quantitative estimate of drug-likeness (QED) is 0.169. The molecule has 0 bridgehead atoms. The molecule has 13 heteroatoms. The van der Waals surface area contributed by atoms with Crippen LogP contribution in [0.2, 0.25) is 0 Å². The SMILES string of the molecule is Cc1nc(N)c2ncn(CCCNC(=O)C(=O)[C@H](Cc3ccccc3)NC(=O)[C@H](CC(C)C)NC(=O)N3CCCCC3)c2n1. The van der Waals surface area contributed by atoms with Crippen LogP contribution in [0.5, 0.6) is 0 Å². The van der Waals surface area contributed by atoms with Crippen molar-refractivity contribution in [2.45, 2.75) is 77.9 Å². The average Bonchev–Trinajstić information content (AvgIpc) is 3.41. The van der Waals surface area contributed by atoms with Crippen LogP contribution in [-0.2, 0) is 27.3 Å². The normalized spacial score (nSPS) is 14.7. The number of nitrogens with two attached hydrogens (primary N) is 1. The van der Waals surface area contributed by atoms with Crippen molar-refractivity contribution in [3.8, 4) is 0 Å².